The summed E-state index contributed by atoms with van der Waals surface area (Å²) in [6.07, 6.45) is 6.37. The third-order valence-corrected chi connectivity index (χ3v) is 18.3. The number of amides is 11. The van der Waals surface area contributed by atoms with E-state index in [9.17, 15) is 73.2 Å². The summed E-state index contributed by atoms with van der Waals surface area (Å²) in [6, 6.07) is 16.4. The van der Waals surface area contributed by atoms with Crippen molar-refractivity contribution < 1.29 is 73.2 Å². The number of fused-ring (bicyclic) bond motifs is 16. The first kappa shape index (κ1) is 71.3. The van der Waals surface area contributed by atoms with Crippen LogP contribution < -0.4 is 47.9 Å². The molecule has 0 saturated heterocycles. The average molecular weight is 1340 g/mol. The highest BCUT2D eigenvalue weighted by Crippen LogP contribution is 2.31. The van der Waals surface area contributed by atoms with Crippen LogP contribution in [0.15, 0.2) is 84.9 Å². The molecular formula is C68H86N14O15. The molecule has 1 fully saturated rings. The number of nitrogens with zero attached hydrogens (tertiary/aromatic N) is 5. The van der Waals surface area contributed by atoms with Gasteiger partial charge in [0.2, 0.25) is 5.91 Å². The molecule has 5 heterocycles. The summed E-state index contributed by atoms with van der Waals surface area (Å²) in [4.78, 5) is 159. The Bertz CT molecular complexity index is 3420. The first-order chi connectivity index (χ1) is 46.8. The molecule has 11 amide bonds. The Hall–Kier alpha value is -9.97. The summed E-state index contributed by atoms with van der Waals surface area (Å²) in [5, 5.41) is 72.1. The van der Waals surface area contributed by atoms with Crippen molar-refractivity contribution in [3.63, 3.8) is 0 Å². The SMILES string of the molecule is O=C1NCCN2CCNC(=O)c3cccc(c3O)C(=O)NCCN(CCNC(=O)c3cccc1c3O)CC(CCCCNC(=O)C1CCC(CN3C(=O)C=CC3=O)CC1)N1CCNC(=O)c3cccc(c3O)C(=O)NCCN(CCNC(=O)c3cccc(c3O)C(=O)NCC1)CC2. The second kappa shape index (κ2) is 34.6. The fourth-order valence-electron chi connectivity index (χ4n) is 12.7. The number of phenolic OH excluding ortho intramolecular Hbond substituents is 4. The largest absolute Gasteiger partial charge is 0.506 e. The molecule has 4 aromatic carbocycles. The van der Waals surface area contributed by atoms with E-state index in [0.717, 1.165) is 0 Å². The van der Waals surface area contributed by atoms with Crippen molar-refractivity contribution in [2.24, 2.45) is 11.8 Å². The summed E-state index contributed by atoms with van der Waals surface area (Å²) >= 11 is 0. The molecule has 1 atom stereocenters. The van der Waals surface area contributed by atoms with Crippen LogP contribution >= 0.6 is 0 Å². The van der Waals surface area contributed by atoms with Crippen molar-refractivity contribution in [2.75, 3.05) is 137 Å². The van der Waals surface area contributed by atoms with Gasteiger partial charge in [-0.15, -0.1) is 0 Å². The van der Waals surface area contributed by atoms with Crippen LogP contribution in [-0.4, -0.2) is 253 Å². The number of unbranched alkanes of at least 4 members (excludes halogenated alkanes) is 1. The van der Waals surface area contributed by atoms with E-state index in [4.69, 9.17) is 0 Å². The van der Waals surface area contributed by atoms with Crippen LogP contribution in [0.5, 0.6) is 23.0 Å². The van der Waals surface area contributed by atoms with Crippen molar-refractivity contribution >= 4 is 65.0 Å². The number of hydrogen-bond acceptors (Lipinski definition) is 19. The second-order valence-corrected chi connectivity index (χ2v) is 24.7. The van der Waals surface area contributed by atoms with Crippen molar-refractivity contribution in [1.29, 1.82) is 0 Å². The highest BCUT2D eigenvalue weighted by molar-refractivity contribution is 6.13. The number of hydrogen-bond donors (Lipinski definition) is 13. The minimum Gasteiger partial charge on any atom is -0.506 e. The van der Waals surface area contributed by atoms with Gasteiger partial charge in [-0.25, -0.2) is 0 Å². The van der Waals surface area contributed by atoms with E-state index >= 15 is 0 Å². The molecule has 1 aliphatic carbocycles. The van der Waals surface area contributed by atoms with Gasteiger partial charge in [-0.05, 0) is 93.0 Å². The fourth-order valence-corrected chi connectivity index (χ4v) is 12.7. The number of nitrogens with one attached hydrogen (secondary N) is 9. The average Bonchev–Trinajstić information content (AvgIpc) is 1.37. The van der Waals surface area contributed by atoms with E-state index < -0.39 is 76.3 Å². The Balaban J connectivity index is 1.07. The maximum absolute atomic E-state index is 14.2. The highest BCUT2D eigenvalue weighted by atomic mass is 16.3. The van der Waals surface area contributed by atoms with Crippen LogP contribution in [0, 0.1) is 11.8 Å². The number of carbonyl (C=O) groups is 11. The molecule has 6 aliphatic rings. The number of benzene rings is 4. The fraction of sp³-hybridized carbons (Fsp3) is 0.456. The Morgan fingerprint density at radius 1 is 0.392 bits per heavy atom. The third-order valence-electron chi connectivity index (χ3n) is 18.3. The molecule has 29 nitrogen and oxygen atoms in total. The normalized spacial score (nSPS) is 23.6. The summed E-state index contributed by atoms with van der Waals surface area (Å²) in [5.74, 6) is -8.75. The lowest BCUT2D eigenvalue weighted by molar-refractivity contribution is -0.138. The molecule has 0 radical (unpaired) electrons. The van der Waals surface area contributed by atoms with E-state index in [1.165, 1.54) is 89.8 Å². The predicted molar refractivity (Wildman–Crippen MR) is 354 cm³/mol. The number of aromatic hydroxyl groups is 4. The standard InChI is InChI=1S/C68H86N14O15/c83-54-20-21-55(84)82(54)41-43-16-18-44(19-17-43)60(89)69-22-2-1-7-45-42-80-35-27-74-65(94)50-12-3-8-46(56(50)85)61(90)70-23-31-78(32-24-71-62(91)47-9-4-13-51(57(47)86)66(95)75-28-36-80)39-40-79-33-25-72-63(92)48-10-5-14-52(58(48)87)67(96)76-29-37-81(45)38-30-77-68(97)53-15-6-11-49(59(53)88)64(93)73-26-34-79/h3-6,8-15,20-21,43-45,85-88H,1-2,7,16-19,22-42H2,(H,69,89)(H,70,90)(H,71,91)(H,72,92)(H,73,93)(H,74,94)(H,75,95)(H,76,96)(H,77,97). The quantitative estimate of drug-likeness (QED) is 0.0821. The number of carbonyl (C=O) groups excluding carboxylic acids is 11. The minimum absolute atomic E-state index is 0.00444. The molecule has 12 bridgehead atoms. The van der Waals surface area contributed by atoms with E-state index in [1.54, 1.807) is 0 Å². The van der Waals surface area contributed by atoms with Crippen molar-refractivity contribution in [3.8, 4) is 23.0 Å². The Morgan fingerprint density at radius 2 is 0.691 bits per heavy atom. The van der Waals surface area contributed by atoms with Crippen LogP contribution in [-0.2, 0) is 14.4 Å². The second-order valence-electron chi connectivity index (χ2n) is 24.7. The Labute approximate surface area is 561 Å². The van der Waals surface area contributed by atoms with Crippen molar-refractivity contribution in [3.05, 3.63) is 129 Å². The lowest BCUT2D eigenvalue weighted by Gasteiger charge is -2.36. The lowest BCUT2D eigenvalue weighted by Crippen LogP contribution is -2.51. The van der Waals surface area contributed by atoms with Crippen molar-refractivity contribution in [1.82, 2.24) is 72.4 Å². The molecule has 518 valence electrons. The van der Waals surface area contributed by atoms with E-state index in [1.807, 2.05) is 19.6 Å². The van der Waals surface area contributed by atoms with Crippen LogP contribution in [0.25, 0.3) is 0 Å². The maximum Gasteiger partial charge on any atom is 0.255 e. The summed E-state index contributed by atoms with van der Waals surface area (Å²) in [5.41, 5.74) is -1.39. The van der Waals surface area contributed by atoms with Gasteiger partial charge in [-0.2, -0.15) is 0 Å². The van der Waals surface area contributed by atoms with Gasteiger partial charge in [0, 0.05) is 162 Å². The smallest absolute Gasteiger partial charge is 0.255 e. The monoisotopic (exact) mass is 1340 g/mol. The molecule has 4 aromatic rings. The van der Waals surface area contributed by atoms with Crippen molar-refractivity contribution in [2.45, 2.75) is 51.0 Å². The zero-order valence-corrected chi connectivity index (χ0v) is 54.1. The summed E-state index contributed by atoms with van der Waals surface area (Å²) in [7, 11) is 0. The number of phenols is 4. The molecule has 0 aromatic heterocycles. The van der Waals surface area contributed by atoms with E-state index in [-0.39, 0.29) is 198 Å². The van der Waals surface area contributed by atoms with Gasteiger partial charge in [0.25, 0.3) is 59.1 Å². The first-order valence-corrected chi connectivity index (χ1v) is 33.1. The first-order valence-electron chi connectivity index (χ1n) is 33.1. The molecule has 13 N–H and O–H groups in total. The van der Waals surface area contributed by atoms with Crippen LogP contribution in [0.2, 0.25) is 0 Å². The maximum atomic E-state index is 14.2. The Kier molecular flexibility index (Phi) is 25.5. The topological polar surface area (TPSA) is 393 Å². The number of para-hydroxylation sites is 4. The molecule has 97 heavy (non-hydrogen) atoms. The van der Waals surface area contributed by atoms with Gasteiger partial charge in [0.05, 0.1) is 44.5 Å². The molecular weight excluding hydrogens is 1250 g/mol. The van der Waals surface area contributed by atoms with Crippen LogP contribution in [0.4, 0.5) is 0 Å². The van der Waals surface area contributed by atoms with Gasteiger partial charge < -0.3 is 68.3 Å². The third kappa shape index (κ3) is 19.2. The van der Waals surface area contributed by atoms with Gasteiger partial charge in [0.1, 0.15) is 23.0 Å². The van der Waals surface area contributed by atoms with Crippen LogP contribution in [0.3, 0.4) is 0 Å². The molecule has 10 rings (SSSR count). The summed E-state index contributed by atoms with van der Waals surface area (Å²) < 4.78 is 0. The van der Waals surface area contributed by atoms with Gasteiger partial charge in [-0.3, -0.25) is 77.2 Å². The molecule has 29 heteroatoms. The summed E-state index contributed by atoms with van der Waals surface area (Å²) in [6.45, 7) is 1.99. The molecule has 1 unspecified atom stereocenters. The predicted octanol–water partition coefficient (Wildman–Crippen LogP) is 0.0833. The lowest BCUT2D eigenvalue weighted by atomic mass is 9.81. The zero-order valence-electron chi connectivity index (χ0n) is 54.1. The zero-order chi connectivity index (χ0) is 69.0. The van der Waals surface area contributed by atoms with E-state index in [0.29, 0.717) is 58.0 Å². The Morgan fingerprint density at radius 3 is 1.01 bits per heavy atom. The highest BCUT2D eigenvalue weighted by Gasteiger charge is 2.33. The number of rotatable bonds is 8. The van der Waals surface area contributed by atoms with Gasteiger partial charge in [0.15, 0.2) is 0 Å². The van der Waals surface area contributed by atoms with Gasteiger partial charge >= 0.3 is 0 Å². The van der Waals surface area contributed by atoms with Crippen LogP contribution in [0.1, 0.15) is 128 Å². The molecule has 5 aliphatic heterocycles. The minimum atomic E-state index is -0.697. The molecule has 1 saturated carbocycles. The van der Waals surface area contributed by atoms with E-state index in [2.05, 4.69) is 47.9 Å². The van der Waals surface area contributed by atoms with Gasteiger partial charge in [-0.1, -0.05) is 30.7 Å². The number of imide groups is 1. The molecule has 0 spiro atoms.